The van der Waals surface area contributed by atoms with Crippen LogP contribution in [0.3, 0.4) is 0 Å². The Bertz CT molecular complexity index is 256. The number of hydrogen-bond acceptors (Lipinski definition) is 4. The standard InChI is InChI=1S/C12H21NO3S/c14-8-11-9-16-4-3-13(11)12(15)7-10-1-5-17-6-2-10/h10-11,14H,1-9H2. The average molecular weight is 259 g/mol. The zero-order valence-electron chi connectivity index (χ0n) is 10.1. The fraction of sp³-hybridized carbons (Fsp3) is 0.917. The van der Waals surface area contributed by atoms with Crippen molar-refractivity contribution in [2.45, 2.75) is 25.3 Å². The number of aliphatic hydroxyl groups is 1. The molecule has 1 unspecified atom stereocenters. The summed E-state index contributed by atoms with van der Waals surface area (Å²) in [4.78, 5) is 14.0. The molecule has 0 saturated carbocycles. The summed E-state index contributed by atoms with van der Waals surface area (Å²) in [6.45, 7) is 1.71. The first kappa shape index (κ1) is 13.2. The lowest BCUT2D eigenvalue weighted by Gasteiger charge is -2.35. The van der Waals surface area contributed by atoms with E-state index in [0.717, 1.165) is 12.8 Å². The smallest absolute Gasteiger partial charge is 0.223 e. The Morgan fingerprint density at radius 1 is 1.41 bits per heavy atom. The van der Waals surface area contributed by atoms with Crippen LogP contribution >= 0.6 is 11.8 Å². The lowest BCUT2D eigenvalue weighted by Crippen LogP contribution is -2.50. The zero-order chi connectivity index (χ0) is 12.1. The SMILES string of the molecule is O=C(CC1CCSCC1)N1CCOCC1CO. The van der Waals surface area contributed by atoms with Gasteiger partial charge in [-0.15, -0.1) is 0 Å². The van der Waals surface area contributed by atoms with E-state index < -0.39 is 0 Å². The van der Waals surface area contributed by atoms with Crippen molar-refractivity contribution in [3.8, 4) is 0 Å². The van der Waals surface area contributed by atoms with Gasteiger partial charge in [-0.05, 0) is 30.3 Å². The van der Waals surface area contributed by atoms with Crippen LogP contribution in [0.2, 0.25) is 0 Å². The molecule has 2 heterocycles. The third-order valence-corrected chi connectivity index (χ3v) is 4.61. The van der Waals surface area contributed by atoms with Crippen LogP contribution < -0.4 is 0 Å². The topological polar surface area (TPSA) is 49.8 Å². The second-order valence-electron chi connectivity index (χ2n) is 4.76. The molecule has 0 aromatic carbocycles. The van der Waals surface area contributed by atoms with Crippen molar-refractivity contribution >= 4 is 17.7 Å². The van der Waals surface area contributed by atoms with Gasteiger partial charge >= 0.3 is 0 Å². The molecule has 2 fully saturated rings. The van der Waals surface area contributed by atoms with Crippen LogP contribution in [0.25, 0.3) is 0 Å². The number of thioether (sulfide) groups is 1. The fourth-order valence-corrected chi connectivity index (χ4v) is 3.65. The number of nitrogens with zero attached hydrogens (tertiary/aromatic N) is 1. The van der Waals surface area contributed by atoms with E-state index in [1.54, 1.807) is 0 Å². The summed E-state index contributed by atoms with van der Waals surface area (Å²) in [5.74, 6) is 3.12. The Morgan fingerprint density at radius 2 is 2.18 bits per heavy atom. The Morgan fingerprint density at radius 3 is 2.88 bits per heavy atom. The zero-order valence-corrected chi connectivity index (χ0v) is 11.0. The maximum absolute atomic E-state index is 12.2. The van der Waals surface area contributed by atoms with Crippen LogP contribution in [-0.4, -0.2) is 59.8 Å². The van der Waals surface area contributed by atoms with Crippen LogP contribution in [0, 0.1) is 5.92 Å². The third-order valence-electron chi connectivity index (χ3n) is 3.56. The van der Waals surface area contributed by atoms with Gasteiger partial charge in [-0.2, -0.15) is 11.8 Å². The van der Waals surface area contributed by atoms with Crippen molar-refractivity contribution in [1.82, 2.24) is 4.90 Å². The molecule has 2 rings (SSSR count). The highest BCUT2D eigenvalue weighted by Gasteiger charge is 2.28. The van der Waals surface area contributed by atoms with Crippen LogP contribution in [-0.2, 0) is 9.53 Å². The maximum atomic E-state index is 12.2. The molecule has 0 aromatic rings. The van der Waals surface area contributed by atoms with Crippen molar-refractivity contribution in [3.05, 3.63) is 0 Å². The minimum absolute atomic E-state index is 0.00621. The molecule has 1 amide bonds. The summed E-state index contributed by atoms with van der Waals surface area (Å²) >= 11 is 1.98. The molecule has 0 radical (unpaired) electrons. The number of carbonyl (C=O) groups is 1. The Kier molecular flexibility index (Phi) is 5.13. The van der Waals surface area contributed by atoms with E-state index >= 15 is 0 Å². The molecule has 17 heavy (non-hydrogen) atoms. The molecule has 1 N–H and O–H groups in total. The number of hydrogen-bond donors (Lipinski definition) is 1. The largest absolute Gasteiger partial charge is 0.394 e. The van der Waals surface area contributed by atoms with Crippen molar-refractivity contribution in [3.63, 3.8) is 0 Å². The van der Waals surface area contributed by atoms with Crippen molar-refractivity contribution in [2.75, 3.05) is 37.9 Å². The monoisotopic (exact) mass is 259 g/mol. The normalized spacial score (nSPS) is 27.1. The van der Waals surface area contributed by atoms with Gasteiger partial charge in [0.25, 0.3) is 0 Å². The first-order valence-electron chi connectivity index (χ1n) is 6.37. The average Bonchev–Trinajstić information content (AvgIpc) is 2.40. The minimum Gasteiger partial charge on any atom is -0.394 e. The molecule has 2 aliphatic heterocycles. The maximum Gasteiger partial charge on any atom is 0.223 e. The van der Waals surface area contributed by atoms with Gasteiger partial charge in [-0.1, -0.05) is 0 Å². The predicted octanol–water partition coefficient (Wildman–Crippen LogP) is 0.739. The predicted molar refractivity (Wildman–Crippen MR) is 68.1 cm³/mol. The van der Waals surface area contributed by atoms with Crippen LogP contribution in [0.1, 0.15) is 19.3 Å². The summed E-state index contributed by atoms with van der Waals surface area (Å²) in [7, 11) is 0. The summed E-state index contributed by atoms with van der Waals surface area (Å²) in [6, 6.07) is -0.130. The van der Waals surface area contributed by atoms with Gasteiger partial charge in [0.2, 0.25) is 5.91 Å². The highest BCUT2D eigenvalue weighted by atomic mass is 32.2. The van der Waals surface area contributed by atoms with Crippen LogP contribution in [0.4, 0.5) is 0 Å². The lowest BCUT2D eigenvalue weighted by molar-refractivity contribution is -0.142. The van der Waals surface area contributed by atoms with E-state index in [2.05, 4.69) is 0 Å². The van der Waals surface area contributed by atoms with Crippen molar-refractivity contribution in [1.29, 1.82) is 0 Å². The molecule has 0 aliphatic carbocycles. The van der Waals surface area contributed by atoms with Crippen molar-refractivity contribution < 1.29 is 14.6 Å². The summed E-state index contributed by atoms with van der Waals surface area (Å²) < 4.78 is 5.29. The Hall–Kier alpha value is -0.260. The van der Waals surface area contributed by atoms with E-state index in [9.17, 15) is 9.90 Å². The highest BCUT2D eigenvalue weighted by molar-refractivity contribution is 7.99. The number of carbonyl (C=O) groups excluding carboxylic acids is 1. The van der Waals surface area contributed by atoms with Gasteiger partial charge < -0.3 is 14.7 Å². The molecule has 98 valence electrons. The number of rotatable bonds is 3. The Balaban J connectivity index is 1.84. The number of aliphatic hydroxyl groups excluding tert-OH is 1. The van der Waals surface area contributed by atoms with Crippen LogP contribution in [0.5, 0.6) is 0 Å². The molecule has 4 nitrogen and oxygen atoms in total. The van der Waals surface area contributed by atoms with Crippen molar-refractivity contribution in [2.24, 2.45) is 5.92 Å². The molecule has 5 heteroatoms. The highest BCUT2D eigenvalue weighted by Crippen LogP contribution is 2.26. The van der Waals surface area contributed by atoms with E-state index in [0.29, 0.717) is 32.1 Å². The van der Waals surface area contributed by atoms with E-state index in [4.69, 9.17) is 4.74 Å². The third kappa shape index (κ3) is 3.60. The molecule has 0 aromatic heterocycles. The molecule has 0 spiro atoms. The van der Waals surface area contributed by atoms with Gasteiger partial charge in [-0.3, -0.25) is 4.79 Å². The number of amides is 1. The first-order chi connectivity index (χ1) is 8.31. The summed E-state index contributed by atoms with van der Waals surface area (Å²) in [5.41, 5.74) is 0. The molecular weight excluding hydrogens is 238 g/mol. The lowest BCUT2D eigenvalue weighted by atomic mass is 9.97. The molecule has 0 bridgehead atoms. The van der Waals surface area contributed by atoms with Gasteiger partial charge in [0.1, 0.15) is 0 Å². The van der Waals surface area contributed by atoms with E-state index in [1.807, 2.05) is 16.7 Å². The number of ether oxygens (including phenoxy) is 1. The van der Waals surface area contributed by atoms with Gasteiger partial charge in [0.05, 0.1) is 25.9 Å². The second kappa shape index (κ2) is 6.61. The molecular formula is C12H21NO3S. The number of morpholine rings is 1. The summed E-state index contributed by atoms with van der Waals surface area (Å²) in [5, 5.41) is 9.24. The minimum atomic E-state index is -0.130. The fourth-order valence-electron chi connectivity index (χ4n) is 2.45. The van der Waals surface area contributed by atoms with E-state index in [-0.39, 0.29) is 18.6 Å². The quantitative estimate of drug-likeness (QED) is 0.812. The van der Waals surface area contributed by atoms with Gasteiger partial charge in [0.15, 0.2) is 0 Å². The molecule has 1 atom stereocenters. The van der Waals surface area contributed by atoms with E-state index in [1.165, 1.54) is 11.5 Å². The van der Waals surface area contributed by atoms with Gasteiger partial charge in [0, 0.05) is 13.0 Å². The Labute approximate surface area is 107 Å². The van der Waals surface area contributed by atoms with Gasteiger partial charge in [-0.25, -0.2) is 0 Å². The second-order valence-corrected chi connectivity index (χ2v) is 5.98. The molecule has 2 saturated heterocycles. The summed E-state index contributed by atoms with van der Waals surface area (Å²) in [6.07, 6.45) is 2.96. The first-order valence-corrected chi connectivity index (χ1v) is 7.52. The van der Waals surface area contributed by atoms with Crippen LogP contribution in [0.15, 0.2) is 0 Å². The molecule has 2 aliphatic rings.